The maximum atomic E-state index is 16.0. The molecule has 0 aliphatic carbocycles. The molecule has 0 aromatic rings. The van der Waals surface area contributed by atoms with Crippen molar-refractivity contribution in [1.82, 2.24) is 4.90 Å². The summed E-state index contributed by atoms with van der Waals surface area (Å²) in [6.07, 6.45) is -37.8. The molecular weight excluding hydrogens is 1380 g/mol. The molecule has 0 bridgehead atoms. The van der Waals surface area contributed by atoms with Crippen molar-refractivity contribution >= 4 is 0 Å². The average molecular weight is 1400 g/mol. The number of hydrogen-bond donors (Lipinski definition) is 0. The van der Waals surface area contributed by atoms with Crippen molar-refractivity contribution < 1.29 is 224 Å². The first-order chi connectivity index (χ1) is 36.0. The van der Waals surface area contributed by atoms with Gasteiger partial charge in [0, 0.05) is 0 Å². The van der Waals surface area contributed by atoms with Crippen LogP contribution < -0.4 is 0 Å². The Morgan fingerprint density at radius 1 is 0.165 bits per heavy atom. The van der Waals surface area contributed by atoms with Gasteiger partial charge in [-0.05, 0) is 19.3 Å². The predicted octanol–water partition coefficient (Wildman–Crippen LogP) is 18.7. The van der Waals surface area contributed by atoms with Crippen molar-refractivity contribution in [1.29, 1.82) is 0 Å². The van der Waals surface area contributed by atoms with Crippen LogP contribution >= 0.6 is 0 Å². The fourth-order valence-electron chi connectivity index (χ4n) is 6.77. The molecule has 0 N–H and O–H groups in total. The highest BCUT2D eigenvalue weighted by Crippen LogP contribution is 2.70. The summed E-state index contributed by atoms with van der Waals surface area (Å²) in [5.74, 6) is -205. The fraction of sp³-hybridized carbons (Fsp3) is 1.00. The zero-order chi connectivity index (χ0) is 70.4. The molecule has 0 aromatic heterocycles. The normalized spacial score (nSPS) is 18.1. The van der Waals surface area contributed by atoms with E-state index in [0.717, 1.165) is 0 Å². The SMILES string of the molecule is CCC(N(C(CC)C(F)(F)C(F)(F)C(F)(F)C(F)(F)C(F)(F)C(F)(F)C(F)(F)C(F)(F)F)C(CC)C(F)(F)C(F)(F)C(F)(F)C(F)(F)C(F)(F)C(F)(F)C(F)(F)C(F)(F)F)C(F)(F)C(F)(F)C(F)(F)C(F)(F)C(F)(F)C(F)(F)C(F)(F)C(F)(F)F. The zero-order valence-corrected chi connectivity index (χ0v) is 38.6. The molecule has 3 atom stereocenters. The third kappa shape index (κ3) is 10.1. The van der Waals surface area contributed by atoms with Crippen LogP contribution in [-0.4, -0.2) is 166 Å². The van der Waals surface area contributed by atoms with Crippen molar-refractivity contribution in [2.24, 2.45) is 0 Å². The molecule has 0 fully saturated rings. The first-order valence-electron chi connectivity index (χ1n) is 19.9. The summed E-state index contributed by atoms with van der Waals surface area (Å²) >= 11 is 0. The topological polar surface area (TPSA) is 3.24 Å². The number of hydrogen-bond acceptors (Lipinski definition) is 1. The number of halogens is 51. The molecule has 0 saturated heterocycles. The standard InChI is InChI=1S/C33H18F51N/c1-4-7(10(34,35)13(40,41)16(46,47)19(52,53)22(58,59)25(64,65)28(70,71)31(76,77)78)85(8(5-2)11(36,37)14(42,43)17(48,49)20(54,55)23(60,61)26(66,67)29(72,73)32(79,80)81)9(6-3)12(38,39)15(44,45)18(50,51)21(56,57)24(62,63)27(68,69)30(74,75)33(82,83)84/h7-9H,4-6H2,1-3H3. The smallest absolute Gasteiger partial charge is 0.276 e. The summed E-state index contributed by atoms with van der Waals surface area (Å²) in [4.78, 5) is -3.90. The van der Waals surface area contributed by atoms with E-state index < -0.39 is 206 Å². The van der Waals surface area contributed by atoms with Gasteiger partial charge < -0.3 is 0 Å². The van der Waals surface area contributed by atoms with E-state index in [-0.39, 0.29) is 0 Å². The van der Waals surface area contributed by atoms with Crippen molar-refractivity contribution in [2.45, 2.75) is 201 Å². The molecule has 0 aromatic carbocycles. The molecule has 0 spiro atoms. The highest BCUT2D eigenvalue weighted by atomic mass is 19.5. The summed E-state index contributed by atoms with van der Waals surface area (Å²) < 4.78 is 726. The van der Waals surface area contributed by atoms with Gasteiger partial charge in [0.15, 0.2) is 0 Å². The zero-order valence-electron chi connectivity index (χ0n) is 38.6. The number of alkyl halides is 51. The van der Waals surface area contributed by atoms with E-state index in [9.17, 15) is 171 Å². The highest BCUT2D eigenvalue weighted by Gasteiger charge is 3.00. The van der Waals surface area contributed by atoms with Gasteiger partial charge in [-0.3, -0.25) is 4.90 Å². The largest absolute Gasteiger partial charge is 0.460 e. The summed E-state index contributed by atoms with van der Waals surface area (Å²) in [5.41, 5.74) is 0. The predicted molar refractivity (Wildman–Crippen MR) is 166 cm³/mol. The fourth-order valence-corrected chi connectivity index (χ4v) is 6.77. The van der Waals surface area contributed by atoms with Gasteiger partial charge in [-0.15, -0.1) is 0 Å². The first kappa shape index (κ1) is 81.4. The van der Waals surface area contributed by atoms with Crippen LogP contribution in [0.5, 0.6) is 0 Å². The van der Waals surface area contributed by atoms with Gasteiger partial charge in [0.25, 0.3) is 0 Å². The lowest BCUT2D eigenvalue weighted by molar-refractivity contribution is -0.469. The second-order valence-corrected chi connectivity index (χ2v) is 16.9. The van der Waals surface area contributed by atoms with E-state index in [1.54, 1.807) is 0 Å². The molecule has 0 aliphatic heterocycles. The van der Waals surface area contributed by atoms with Crippen LogP contribution in [0.1, 0.15) is 40.0 Å². The Labute approximate surface area is 431 Å². The molecule has 85 heavy (non-hydrogen) atoms. The Hall–Kier alpha value is -3.61. The Kier molecular flexibility index (Phi) is 20.1. The third-order valence-corrected chi connectivity index (χ3v) is 11.7. The molecule has 52 heteroatoms. The summed E-state index contributed by atoms with van der Waals surface area (Å²) in [6, 6.07) is -20.6. The molecular formula is C33H18F51N. The molecule has 0 saturated carbocycles. The maximum Gasteiger partial charge on any atom is 0.460 e. The van der Waals surface area contributed by atoms with Gasteiger partial charge in [-0.25, -0.2) is 0 Å². The monoisotopic (exact) mass is 1400 g/mol. The average Bonchev–Trinajstić information content (AvgIpc) is 3.26. The maximum absolute atomic E-state index is 16.0. The lowest BCUT2D eigenvalue weighted by Gasteiger charge is -2.53. The molecule has 0 radical (unpaired) electrons. The Balaban J connectivity index is 9.82. The van der Waals surface area contributed by atoms with Crippen molar-refractivity contribution in [3.05, 3.63) is 0 Å². The van der Waals surface area contributed by atoms with Gasteiger partial charge in [-0.1, -0.05) is 20.8 Å². The van der Waals surface area contributed by atoms with Gasteiger partial charge in [0.05, 0.1) is 18.1 Å². The third-order valence-electron chi connectivity index (χ3n) is 11.7. The molecule has 3 unspecified atom stereocenters. The molecule has 0 rings (SSSR count). The quantitative estimate of drug-likeness (QED) is 0.0741. The lowest BCUT2D eigenvalue weighted by atomic mass is 9.81. The van der Waals surface area contributed by atoms with Crippen molar-refractivity contribution in [2.75, 3.05) is 0 Å². The van der Waals surface area contributed by atoms with Crippen molar-refractivity contribution in [3.63, 3.8) is 0 Å². The summed E-state index contributed by atoms with van der Waals surface area (Å²) in [6.45, 7) is -3.72. The Bertz CT molecular complexity index is 2050. The van der Waals surface area contributed by atoms with Crippen LogP contribution in [0.2, 0.25) is 0 Å². The number of nitrogens with zero attached hydrogens (tertiary/aromatic N) is 1. The second-order valence-electron chi connectivity index (χ2n) is 16.9. The Morgan fingerprint density at radius 2 is 0.259 bits per heavy atom. The number of rotatable bonds is 27. The molecule has 0 heterocycles. The van der Waals surface area contributed by atoms with Crippen LogP contribution in [0, 0.1) is 0 Å². The van der Waals surface area contributed by atoms with E-state index in [1.807, 2.05) is 0 Å². The van der Waals surface area contributed by atoms with Gasteiger partial charge >= 0.3 is 143 Å². The summed E-state index contributed by atoms with van der Waals surface area (Å²) in [5, 5.41) is 0. The molecule has 1 nitrogen and oxygen atoms in total. The molecule has 512 valence electrons. The first-order valence-corrected chi connectivity index (χ1v) is 19.9. The molecule has 0 amide bonds. The van der Waals surface area contributed by atoms with E-state index >= 15 is 52.7 Å². The van der Waals surface area contributed by atoms with Crippen LogP contribution in [-0.2, 0) is 0 Å². The molecule has 0 aliphatic rings. The minimum absolute atomic E-state index is 1.24. The minimum Gasteiger partial charge on any atom is -0.276 e. The Morgan fingerprint density at radius 3 is 0.353 bits per heavy atom. The van der Waals surface area contributed by atoms with Crippen LogP contribution in [0.15, 0.2) is 0 Å². The van der Waals surface area contributed by atoms with Gasteiger partial charge in [0.1, 0.15) is 0 Å². The van der Waals surface area contributed by atoms with Crippen LogP contribution in [0.4, 0.5) is 224 Å². The van der Waals surface area contributed by atoms with Crippen LogP contribution in [0.25, 0.3) is 0 Å². The minimum atomic E-state index is -10.2. The highest BCUT2D eigenvalue weighted by molar-refractivity contribution is 5.22. The van der Waals surface area contributed by atoms with Gasteiger partial charge in [-0.2, -0.15) is 224 Å². The van der Waals surface area contributed by atoms with Crippen LogP contribution in [0.3, 0.4) is 0 Å². The summed E-state index contributed by atoms with van der Waals surface area (Å²) in [7, 11) is 0. The lowest BCUT2D eigenvalue weighted by Crippen LogP contribution is -2.80. The van der Waals surface area contributed by atoms with Crippen molar-refractivity contribution in [3.8, 4) is 0 Å². The van der Waals surface area contributed by atoms with E-state index in [2.05, 4.69) is 0 Å². The van der Waals surface area contributed by atoms with E-state index in [0.29, 0.717) is 0 Å². The van der Waals surface area contributed by atoms with Gasteiger partial charge in [0.2, 0.25) is 0 Å². The van der Waals surface area contributed by atoms with E-state index in [4.69, 9.17) is 0 Å². The van der Waals surface area contributed by atoms with E-state index in [1.165, 1.54) is 0 Å². The second kappa shape index (κ2) is 21.0.